The first kappa shape index (κ1) is 18.7. The largest absolute Gasteiger partial charge is 0.358 e. The van der Waals surface area contributed by atoms with Crippen LogP contribution < -0.4 is 5.30 Å². The van der Waals surface area contributed by atoms with Crippen LogP contribution in [0, 0.1) is 14.4 Å². The number of benzene rings is 1. The summed E-state index contributed by atoms with van der Waals surface area (Å²) in [5, 5.41) is 1.98. The molecule has 0 spiro atoms. The predicted molar refractivity (Wildman–Crippen MR) is 74.4 cm³/mol. The second kappa shape index (κ2) is 7.60. The maximum absolute atomic E-state index is 2.35. The standard InChI is InChI=1S/C13H21P.CH3.Pd/c1-6-14(13(3,4)5)12-9-7-8-11(2)10-12;;/h7-10H,6H2,1-5H3;1H3;/q;-1;. The van der Waals surface area contributed by atoms with Gasteiger partial charge >= 0.3 is 0 Å². The van der Waals surface area contributed by atoms with Crippen LogP contribution in [0.3, 0.4) is 0 Å². The Kier molecular flexibility index (Phi) is 8.87. The summed E-state index contributed by atoms with van der Waals surface area (Å²) in [6.07, 6.45) is 1.28. The molecule has 1 rings (SSSR count). The summed E-state index contributed by atoms with van der Waals surface area (Å²) in [4.78, 5) is 0. The molecule has 0 radical (unpaired) electrons. The van der Waals surface area contributed by atoms with E-state index in [4.69, 9.17) is 0 Å². The van der Waals surface area contributed by atoms with Crippen molar-refractivity contribution in [1.29, 1.82) is 0 Å². The molecule has 96 valence electrons. The van der Waals surface area contributed by atoms with Crippen molar-refractivity contribution >= 4 is 13.2 Å². The summed E-state index contributed by atoms with van der Waals surface area (Å²) in [5.74, 6) is 0. The number of aryl methyl sites for hydroxylation is 1. The van der Waals surface area contributed by atoms with E-state index in [-0.39, 0.29) is 35.8 Å². The third-order valence-corrected chi connectivity index (χ3v) is 5.59. The van der Waals surface area contributed by atoms with Crippen molar-refractivity contribution in [3.8, 4) is 0 Å². The average Bonchev–Trinajstić information content (AvgIpc) is 2.02. The monoisotopic (exact) mass is 329 g/mol. The Morgan fingerprint density at radius 1 is 1.19 bits per heavy atom. The second-order valence-electron chi connectivity index (χ2n) is 4.75. The van der Waals surface area contributed by atoms with Gasteiger partial charge in [0.15, 0.2) is 0 Å². The van der Waals surface area contributed by atoms with E-state index in [1.165, 1.54) is 11.7 Å². The molecule has 0 saturated carbocycles. The fourth-order valence-electron chi connectivity index (χ4n) is 1.84. The van der Waals surface area contributed by atoms with Gasteiger partial charge in [0.1, 0.15) is 0 Å². The van der Waals surface area contributed by atoms with Gasteiger partial charge in [0, 0.05) is 20.4 Å². The van der Waals surface area contributed by atoms with Crippen LogP contribution in [0.5, 0.6) is 0 Å². The van der Waals surface area contributed by atoms with E-state index in [0.717, 1.165) is 0 Å². The number of rotatable bonds is 2. The fourth-order valence-corrected chi connectivity index (χ4v) is 4.55. The van der Waals surface area contributed by atoms with Crippen molar-refractivity contribution in [1.82, 2.24) is 0 Å². The molecule has 0 amide bonds. The zero-order valence-electron chi connectivity index (χ0n) is 11.3. The van der Waals surface area contributed by atoms with E-state index in [0.29, 0.717) is 5.16 Å². The van der Waals surface area contributed by atoms with Crippen LogP contribution >= 0.6 is 7.92 Å². The third kappa shape index (κ3) is 5.09. The van der Waals surface area contributed by atoms with Gasteiger partial charge in [-0.05, 0) is 23.5 Å². The van der Waals surface area contributed by atoms with Gasteiger partial charge < -0.3 is 7.43 Å². The van der Waals surface area contributed by atoms with E-state index in [1.807, 2.05) is 0 Å². The predicted octanol–water partition coefficient (Wildman–Crippen LogP) is 4.37. The normalized spacial score (nSPS) is 12.3. The molecule has 16 heavy (non-hydrogen) atoms. The van der Waals surface area contributed by atoms with Crippen LogP contribution in [-0.4, -0.2) is 11.3 Å². The van der Waals surface area contributed by atoms with Gasteiger partial charge in [-0.1, -0.05) is 65.4 Å². The fraction of sp³-hybridized carbons (Fsp3) is 0.500. The number of hydrogen-bond acceptors (Lipinski definition) is 0. The van der Waals surface area contributed by atoms with Crippen molar-refractivity contribution in [2.45, 2.75) is 39.8 Å². The van der Waals surface area contributed by atoms with Crippen LogP contribution in [-0.2, 0) is 20.4 Å². The second-order valence-corrected chi connectivity index (χ2v) is 8.10. The van der Waals surface area contributed by atoms with E-state index in [2.05, 4.69) is 58.9 Å². The Labute approximate surface area is 117 Å². The summed E-state index contributed by atoms with van der Waals surface area (Å²) >= 11 is 0. The first-order valence-electron chi connectivity index (χ1n) is 5.29. The van der Waals surface area contributed by atoms with E-state index in [9.17, 15) is 0 Å². The molecule has 1 aromatic carbocycles. The Morgan fingerprint density at radius 2 is 1.75 bits per heavy atom. The summed E-state index contributed by atoms with van der Waals surface area (Å²) < 4.78 is 0. The van der Waals surface area contributed by atoms with E-state index < -0.39 is 0 Å². The molecule has 0 aromatic heterocycles. The Hall–Kier alpha value is 0.312. The topological polar surface area (TPSA) is 0 Å². The quantitative estimate of drug-likeness (QED) is 0.429. The third-order valence-electron chi connectivity index (χ3n) is 2.44. The molecular formula is C14H24PPd-. The molecule has 1 unspecified atom stereocenters. The van der Waals surface area contributed by atoms with Gasteiger partial charge in [-0.25, -0.2) is 0 Å². The van der Waals surface area contributed by atoms with Crippen molar-refractivity contribution in [3.63, 3.8) is 0 Å². The van der Waals surface area contributed by atoms with Gasteiger partial charge in [-0.3, -0.25) is 0 Å². The zero-order chi connectivity index (χ0) is 10.8. The first-order valence-corrected chi connectivity index (χ1v) is 6.82. The summed E-state index contributed by atoms with van der Waals surface area (Å²) in [6.45, 7) is 11.5. The summed E-state index contributed by atoms with van der Waals surface area (Å²) in [7, 11) is -0.0108. The van der Waals surface area contributed by atoms with Crippen LogP contribution in [0.2, 0.25) is 0 Å². The molecular weight excluding hydrogens is 306 g/mol. The first-order chi connectivity index (χ1) is 6.45. The zero-order valence-corrected chi connectivity index (χ0v) is 13.7. The molecule has 0 bridgehead atoms. The van der Waals surface area contributed by atoms with Gasteiger partial charge in [0.25, 0.3) is 0 Å². The van der Waals surface area contributed by atoms with Gasteiger partial charge in [-0.2, -0.15) is 0 Å². The molecule has 1 aromatic rings. The summed E-state index contributed by atoms with van der Waals surface area (Å²) in [5.41, 5.74) is 1.38. The molecule has 1 atom stereocenters. The smallest absolute Gasteiger partial charge is 0 e. The maximum atomic E-state index is 2.35. The molecule has 0 aliphatic heterocycles. The Balaban J connectivity index is 0. The molecule has 0 aliphatic carbocycles. The minimum Gasteiger partial charge on any atom is -0.358 e. The minimum atomic E-state index is -0.0108. The van der Waals surface area contributed by atoms with Crippen LogP contribution in [0.4, 0.5) is 0 Å². The molecule has 2 heteroatoms. The minimum absolute atomic E-state index is 0. The average molecular weight is 330 g/mol. The summed E-state index contributed by atoms with van der Waals surface area (Å²) in [6, 6.07) is 8.99. The van der Waals surface area contributed by atoms with Gasteiger partial charge in [-0.15, -0.1) is 0 Å². The van der Waals surface area contributed by atoms with Gasteiger partial charge in [0.05, 0.1) is 0 Å². The van der Waals surface area contributed by atoms with E-state index >= 15 is 0 Å². The molecule has 0 heterocycles. The molecule has 0 N–H and O–H groups in total. The van der Waals surface area contributed by atoms with Crippen molar-refractivity contribution < 1.29 is 20.4 Å². The molecule has 0 aliphatic rings. The Bertz CT molecular complexity index is 302. The van der Waals surface area contributed by atoms with Crippen molar-refractivity contribution in [2.24, 2.45) is 0 Å². The van der Waals surface area contributed by atoms with Crippen LogP contribution in [0.15, 0.2) is 24.3 Å². The molecule has 0 nitrogen and oxygen atoms in total. The molecule has 0 fully saturated rings. The molecule has 0 saturated heterocycles. The number of hydrogen-bond donors (Lipinski definition) is 0. The van der Waals surface area contributed by atoms with E-state index in [1.54, 1.807) is 5.30 Å². The maximum Gasteiger partial charge on any atom is 0 e. The SMILES string of the molecule is CCP(c1cccc(C)c1)C(C)(C)C.[CH3-].[Pd]. The van der Waals surface area contributed by atoms with Gasteiger partial charge in [0.2, 0.25) is 0 Å². The van der Waals surface area contributed by atoms with Crippen LogP contribution in [0.1, 0.15) is 33.3 Å². The Morgan fingerprint density at radius 3 is 2.12 bits per heavy atom. The van der Waals surface area contributed by atoms with Crippen molar-refractivity contribution in [3.05, 3.63) is 37.3 Å². The van der Waals surface area contributed by atoms with Crippen molar-refractivity contribution in [2.75, 3.05) is 6.16 Å². The van der Waals surface area contributed by atoms with Crippen LogP contribution in [0.25, 0.3) is 0 Å².